The average molecular weight is 275 g/mol. The van der Waals surface area contributed by atoms with E-state index in [1.54, 1.807) is 12.3 Å². The highest BCUT2D eigenvalue weighted by Gasteiger charge is 2.31. The molecule has 5 heteroatoms. The largest absolute Gasteiger partial charge is 0.404 e. The summed E-state index contributed by atoms with van der Waals surface area (Å²) < 4.78 is 27.5. The molecule has 3 nitrogen and oxygen atoms in total. The van der Waals surface area contributed by atoms with Gasteiger partial charge in [0.2, 0.25) is 0 Å². The van der Waals surface area contributed by atoms with E-state index in [1.807, 2.05) is 12.2 Å². The third-order valence-electron chi connectivity index (χ3n) is 2.98. The minimum absolute atomic E-state index is 0.119. The van der Waals surface area contributed by atoms with Crippen molar-refractivity contribution in [2.45, 2.75) is 19.3 Å². The van der Waals surface area contributed by atoms with Crippen LogP contribution in [0.5, 0.6) is 0 Å². The molecule has 0 saturated carbocycles. The SMILES string of the molecule is C=CC(=CN)C(=Nc1ccnc2c1CC=C2)C(C)(F)F. The van der Waals surface area contributed by atoms with E-state index in [9.17, 15) is 8.78 Å². The molecule has 0 atom stereocenters. The van der Waals surface area contributed by atoms with Crippen molar-refractivity contribution in [2.75, 3.05) is 0 Å². The molecule has 0 saturated heterocycles. The monoisotopic (exact) mass is 275 g/mol. The molecule has 1 aromatic heterocycles. The van der Waals surface area contributed by atoms with Crippen LogP contribution in [0.1, 0.15) is 18.2 Å². The quantitative estimate of drug-likeness (QED) is 0.676. The topological polar surface area (TPSA) is 51.3 Å². The smallest absolute Gasteiger partial charge is 0.287 e. The number of nitrogens with two attached hydrogens (primary N) is 1. The Morgan fingerprint density at radius 1 is 1.55 bits per heavy atom. The molecular formula is C15H15F2N3. The molecule has 104 valence electrons. The van der Waals surface area contributed by atoms with Gasteiger partial charge < -0.3 is 5.73 Å². The number of nitrogens with zero attached hydrogens (tertiary/aromatic N) is 2. The van der Waals surface area contributed by atoms with Crippen LogP contribution in [0.3, 0.4) is 0 Å². The fourth-order valence-corrected chi connectivity index (χ4v) is 2.02. The Balaban J connectivity index is 2.56. The van der Waals surface area contributed by atoms with Gasteiger partial charge in [0.05, 0.1) is 11.4 Å². The van der Waals surface area contributed by atoms with E-state index in [-0.39, 0.29) is 5.57 Å². The van der Waals surface area contributed by atoms with E-state index in [4.69, 9.17) is 5.73 Å². The lowest BCUT2D eigenvalue weighted by atomic mass is 10.1. The molecule has 0 spiro atoms. The summed E-state index contributed by atoms with van der Waals surface area (Å²) in [5.74, 6) is -3.11. The second kappa shape index (κ2) is 5.36. The number of rotatable bonds is 4. The zero-order valence-corrected chi connectivity index (χ0v) is 11.1. The number of pyridine rings is 1. The highest BCUT2D eigenvalue weighted by molar-refractivity contribution is 6.08. The molecule has 2 rings (SSSR count). The fourth-order valence-electron chi connectivity index (χ4n) is 2.02. The lowest BCUT2D eigenvalue weighted by Gasteiger charge is -2.15. The Morgan fingerprint density at radius 2 is 2.30 bits per heavy atom. The molecule has 20 heavy (non-hydrogen) atoms. The lowest BCUT2D eigenvalue weighted by molar-refractivity contribution is 0.101. The fraction of sp³-hybridized carbons (Fsp3) is 0.200. The first-order valence-corrected chi connectivity index (χ1v) is 6.13. The van der Waals surface area contributed by atoms with Crippen molar-refractivity contribution in [3.05, 3.63) is 54.0 Å². The normalized spacial score (nSPS) is 15.3. The molecule has 1 aromatic rings. The second-order valence-corrected chi connectivity index (χ2v) is 4.48. The van der Waals surface area contributed by atoms with Crippen LogP contribution in [0.4, 0.5) is 14.5 Å². The van der Waals surface area contributed by atoms with E-state index in [0.717, 1.165) is 24.4 Å². The summed E-state index contributed by atoms with van der Waals surface area (Å²) in [5.41, 5.74) is 7.19. The number of allylic oxidation sites excluding steroid dienone is 3. The van der Waals surface area contributed by atoms with Crippen LogP contribution in [-0.4, -0.2) is 16.6 Å². The average Bonchev–Trinajstić information content (AvgIpc) is 2.87. The standard InChI is InChI=1S/C15H15F2N3/c1-3-10(9-18)14(15(2,16)17)20-13-7-8-19-12-6-4-5-11(12)13/h3-4,6-9H,1,5,18H2,2H3. The predicted molar refractivity (Wildman–Crippen MR) is 77.2 cm³/mol. The Morgan fingerprint density at radius 3 is 2.90 bits per heavy atom. The number of fused-ring (bicyclic) bond motifs is 1. The Hall–Kier alpha value is -2.30. The van der Waals surface area contributed by atoms with Crippen LogP contribution >= 0.6 is 0 Å². The molecule has 2 N–H and O–H groups in total. The summed E-state index contributed by atoms with van der Waals surface area (Å²) in [5, 5.41) is 0. The van der Waals surface area contributed by atoms with Crippen molar-refractivity contribution < 1.29 is 8.78 Å². The Kier molecular flexibility index (Phi) is 3.79. The first-order chi connectivity index (χ1) is 9.47. The summed E-state index contributed by atoms with van der Waals surface area (Å²) in [4.78, 5) is 8.28. The summed E-state index contributed by atoms with van der Waals surface area (Å²) in [6, 6.07) is 1.62. The van der Waals surface area contributed by atoms with Gasteiger partial charge >= 0.3 is 0 Å². The van der Waals surface area contributed by atoms with Gasteiger partial charge in [-0.1, -0.05) is 18.7 Å². The maximum atomic E-state index is 13.7. The van der Waals surface area contributed by atoms with Crippen LogP contribution < -0.4 is 5.73 Å². The predicted octanol–water partition coefficient (Wildman–Crippen LogP) is 3.41. The van der Waals surface area contributed by atoms with E-state index < -0.39 is 11.6 Å². The first kappa shape index (κ1) is 14.1. The molecule has 0 fully saturated rings. The summed E-state index contributed by atoms with van der Waals surface area (Å²) in [6.07, 6.45) is 8.33. The zero-order valence-electron chi connectivity index (χ0n) is 11.1. The van der Waals surface area contributed by atoms with Crippen LogP contribution in [0.2, 0.25) is 0 Å². The molecule has 0 radical (unpaired) electrons. The Bertz CT molecular complexity index is 622. The molecule has 0 unspecified atom stereocenters. The van der Waals surface area contributed by atoms with Crippen molar-refractivity contribution in [1.29, 1.82) is 0 Å². The van der Waals surface area contributed by atoms with Crippen molar-refractivity contribution >= 4 is 17.5 Å². The van der Waals surface area contributed by atoms with Crippen molar-refractivity contribution in [3.63, 3.8) is 0 Å². The van der Waals surface area contributed by atoms with E-state index in [2.05, 4.69) is 16.6 Å². The third-order valence-corrected chi connectivity index (χ3v) is 2.98. The van der Waals surface area contributed by atoms with Gasteiger partial charge in [-0.15, -0.1) is 0 Å². The molecule has 1 aliphatic rings. The second-order valence-electron chi connectivity index (χ2n) is 4.48. The van der Waals surface area contributed by atoms with Crippen LogP contribution in [-0.2, 0) is 6.42 Å². The van der Waals surface area contributed by atoms with Gasteiger partial charge in [0.1, 0.15) is 5.71 Å². The van der Waals surface area contributed by atoms with E-state index in [0.29, 0.717) is 12.1 Å². The van der Waals surface area contributed by atoms with Crippen molar-refractivity contribution in [1.82, 2.24) is 4.98 Å². The molecule has 0 amide bonds. The van der Waals surface area contributed by atoms with Crippen LogP contribution in [0, 0.1) is 0 Å². The molecule has 0 bridgehead atoms. The van der Waals surface area contributed by atoms with Gasteiger partial charge in [-0.3, -0.25) is 4.98 Å². The summed E-state index contributed by atoms with van der Waals surface area (Å²) in [7, 11) is 0. The van der Waals surface area contributed by atoms with Crippen LogP contribution in [0.15, 0.2) is 47.8 Å². The van der Waals surface area contributed by atoms with E-state index >= 15 is 0 Å². The maximum absolute atomic E-state index is 13.7. The minimum atomic E-state index is -3.11. The Labute approximate surface area is 116 Å². The van der Waals surface area contributed by atoms with Gasteiger partial charge in [-0.2, -0.15) is 8.78 Å². The molecule has 0 aliphatic heterocycles. The van der Waals surface area contributed by atoms with Crippen molar-refractivity contribution in [3.8, 4) is 0 Å². The van der Waals surface area contributed by atoms with Gasteiger partial charge in [0.15, 0.2) is 0 Å². The number of aromatic nitrogens is 1. The highest BCUT2D eigenvalue weighted by Crippen LogP contribution is 2.30. The van der Waals surface area contributed by atoms with Gasteiger partial charge in [-0.05, 0) is 18.6 Å². The molecule has 1 aliphatic carbocycles. The summed E-state index contributed by atoms with van der Waals surface area (Å²) in [6.45, 7) is 4.28. The number of aliphatic imine (C=N–C) groups is 1. The highest BCUT2D eigenvalue weighted by atomic mass is 19.3. The number of hydrogen-bond acceptors (Lipinski definition) is 3. The van der Waals surface area contributed by atoms with Crippen molar-refractivity contribution in [2.24, 2.45) is 10.7 Å². The molecule has 1 heterocycles. The van der Waals surface area contributed by atoms with Gasteiger partial charge in [-0.25, -0.2) is 4.99 Å². The number of halogens is 2. The van der Waals surface area contributed by atoms with Crippen LogP contribution in [0.25, 0.3) is 6.08 Å². The zero-order chi connectivity index (χ0) is 14.8. The molecular weight excluding hydrogens is 260 g/mol. The summed E-state index contributed by atoms with van der Waals surface area (Å²) >= 11 is 0. The number of hydrogen-bond donors (Lipinski definition) is 1. The number of alkyl halides is 2. The van der Waals surface area contributed by atoms with E-state index in [1.165, 1.54) is 6.08 Å². The van der Waals surface area contributed by atoms with Gasteiger partial charge in [0.25, 0.3) is 5.92 Å². The third kappa shape index (κ3) is 2.66. The first-order valence-electron chi connectivity index (χ1n) is 6.13. The van der Waals surface area contributed by atoms with Gasteiger partial charge in [0, 0.05) is 30.5 Å². The molecule has 0 aromatic carbocycles. The minimum Gasteiger partial charge on any atom is -0.404 e. The maximum Gasteiger partial charge on any atom is 0.287 e. The lowest BCUT2D eigenvalue weighted by Crippen LogP contribution is -2.26.